The van der Waals surface area contributed by atoms with E-state index < -0.39 is 15.8 Å². The lowest BCUT2D eigenvalue weighted by atomic mass is 9.99. The fourth-order valence-corrected chi connectivity index (χ4v) is 2.64. The third kappa shape index (κ3) is 4.94. The maximum atomic E-state index is 11.1. The van der Waals surface area contributed by atoms with Gasteiger partial charge in [-0.15, -0.1) is 0 Å². The molecular formula is C10H19NO4S. The molecule has 1 aliphatic rings. The molecule has 1 fully saturated rings. The van der Waals surface area contributed by atoms with Crippen molar-refractivity contribution < 1.29 is 18.3 Å². The molecule has 94 valence electrons. The number of nitrogens with zero attached hydrogens (tertiary/aromatic N) is 1. The van der Waals surface area contributed by atoms with E-state index in [1.807, 2.05) is 4.90 Å². The van der Waals surface area contributed by atoms with Crippen LogP contribution < -0.4 is 0 Å². The highest BCUT2D eigenvalue weighted by Crippen LogP contribution is 2.19. The zero-order valence-corrected chi connectivity index (χ0v) is 10.4. The monoisotopic (exact) mass is 249 g/mol. The Kier molecular flexibility index (Phi) is 4.73. The molecule has 1 N–H and O–H groups in total. The van der Waals surface area contributed by atoms with Crippen LogP contribution in [-0.2, 0) is 14.6 Å². The number of carbonyl (C=O) groups is 1. The van der Waals surface area contributed by atoms with E-state index in [1.54, 1.807) is 0 Å². The Hall–Kier alpha value is -0.620. The van der Waals surface area contributed by atoms with Gasteiger partial charge in [0.25, 0.3) is 0 Å². The highest BCUT2D eigenvalue weighted by atomic mass is 32.2. The Morgan fingerprint density at radius 3 is 2.69 bits per heavy atom. The second-order valence-corrected chi connectivity index (χ2v) is 6.67. The molecular weight excluding hydrogens is 230 g/mol. The lowest BCUT2D eigenvalue weighted by Crippen LogP contribution is -2.43. The molecule has 0 aromatic heterocycles. The number of piperidine rings is 1. The highest BCUT2D eigenvalue weighted by Gasteiger charge is 2.24. The van der Waals surface area contributed by atoms with Crippen LogP contribution in [0.5, 0.6) is 0 Å². The number of carboxylic acids is 1. The average molecular weight is 249 g/mol. The van der Waals surface area contributed by atoms with Crippen molar-refractivity contribution in [3.63, 3.8) is 0 Å². The van der Waals surface area contributed by atoms with E-state index in [4.69, 9.17) is 5.11 Å². The van der Waals surface area contributed by atoms with Gasteiger partial charge in [0.2, 0.25) is 0 Å². The highest BCUT2D eigenvalue weighted by molar-refractivity contribution is 7.90. The van der Waals surface area contributed by atoms with Crippen molar-refractivity contribution in [1.82, 2.24) is 4.90 Å². The van der Waals surface area contributed by atoms with Gasteiger partial charge in [0.15, 0.2) is 0 Å². The molecule has 0 aromatic carbocycles. The van der Waals surface area contributed by atoms with Gasteiger partial charge >= 0.3 is 5.97 Å². The number of likely N-dealkylation sites (tertiary alicyclic amines) is 1. The van der Waals surface area contributed by atoms with Crippen molar-refractivity contribution in [1.29, 1.82) is 0 Å². The first-order valence-corrected chi connectivity index (χ1v) is 7.58. The lowest BCUT2D eigenvalue weighted by Gasteiger charge is -2.34. The Bertz CT molecular complexity index is 339. The van der Waals surface area contributed by atoms with E-state index >= 15 is 0 Å². The van der Waals surface area contributed by atoms with Crippen LogP contribution in [0.4, 0.5) is 0 Å². The van der Waals surface area contributed by atoms with Crippen molar-refractivity contribution in [3.05, 3.63) is 0 Å². The number of hydrogen-bond donors (Lipinski definition) is 1. The molecule has 0 bridgehead atoms. The minimum absolute atomic E-state index is 0.00741. The Labute approximate surface area is 96.4 Å². The predicted molar refractivity (Wildman–Crippen MR) is 61.2 cm³/mol. The van der Waals surface area contributed by atoms with Gasteiger partial charge in [-0.05, 0) is 19.4 Å². The number of aliphatic carboxylic acids is 1. The molecule has 1 rings (SSSR count). The second kappa shape index (κ2) is 5.63. The summed E-state index contributed by atoms with van der Waals surface area (Å²) in [6.45, 7) is 1.27. The zero-order valence-electron chi connectivity index (χ0n) is 9.55. The van der Waals surface area contributed by atoms with Gasteiger partial charge in [0, 0.05) is 18.8 Å². The molecule has 0 spiro atoms. The standard InChI is InChI=1S/C10H19NO4S/c1-16(14,15)7-6-11-5-3-2-4-9(11)8-10(12)13/h9H,2-8H2,1H3,(H,12,13). The lowest BCUT2D eigenvalue weighted by molar-refractivity contribution is -0.138. The normalized spacial score (nSPS) is 23.2. The van der Waals surface area contributed by atoms with Crippen molar-refractivity contribution in [3.8, 4) is 0 Å². The number of rotatable bonds is 5. The molecule has 1 unspecified atom stereocenters. The van der Waals surface area contributed by atoms with E-state index in [9.17, 15) is 13.2 Å². The summed E-state index contributed by atoms with van der Waals surface area (Å²) in [4.78, 5) is 12.7. The number of sulfone groups is 1. The zero-order chi connectivity index (χ0) is 12.2. The molecule has 1 aliphatic heterocycles. The molecule has 5 nitrogen and oxygen atoms in total. The average Bonchev–Trinajstić information content (AvgIpc) is 2.14. The quantitative estimate of drug-likeness (QED) is 0.761. The van der Waals surface area contributed by atoms with Crippen molar-refractivity contribution in [2.75, 3.05) is 25.1 Å². The third-order valence-corrected chi connectivity index (χ3v) is 3.83. The van der Waals surface area contributed by atoms with Gasteiger partial charge in [-0.3, -0.25) is 9.69 Å². The van der Waals surface area contributed by atoms with E-state index in [1.165, 1.54) is 6.26 Å². The Morgan fingerprint density at radius 2 is 2.12 bits per heavy atom. The van der Waals surface area contributed by atoms with Gasteiger partial charge in [-0.1, -0.05) is 6.42 Å². The van der Waals surface area contributed by atoms with Crippen molar-refractivity contribution in [2.45, 2.75) is 31.7 Å². The summed E-state index contributed by atoms with van der Waals surface area (Å²) in [7, 11) is -2.96. The van der Waals surface area contributed by atoms with Crippen LogP contribution in [0.3, 0.4) is 0 Å². The van der Waals surface area contributed by atoms with Gasteiger partial charge < -0.3 is 5.11 Å². The van der Waals surface area contributed by atoms with Crippen molar-refractivity contribution >= 4 is 15.8 Å². The maximum absolute atomic E-state index is 11.1. The Balaban J connectivity index is 2.50. The van der Waals surface area contributed by atoms with Crippen LogP contribution >= 0.6 is 0 Å². The molecule has 0 saturated carbocycles. The van der Waals surface area contributed by atoms with Crippen LogP contribution in [0.15, 0.2) is 0 Å². The first kappa shape index (κ1) is 13.4. The Morgan fingerprint density at radius 1 is 1.44 bits per heavy atom. The van der Waals surface area contributed by atoms with Crippen molar-refractivity contribution in [2.24, 2.45) is 0 Å². The van der Waals surface area contributed by atoms with Gasteiger partial charge in [-0.2, -0.15) is 0 Å². The third-order valence-electron chi connectivity index (χ3n) is 2.91. The summed E-state index contributed by atoms with van der Waals surface area (Å²) >= 11 is 0. The molecule has 1 saturated heterocycles. The molecule has 0 aromatic rings. The first-order valence-electron chi connectivity index (χ1n) is 5.52. The molecule has 0 radical (unpaired) electrons. The van der Waals surface area contributed by atoms with E-state index in [2.05, 4.69) is 0 Å². The molecule has 16 heavy (non-hydrogen) atoms. The van der Waals surface area contributed by atoms with Crippen LogP contribution in [-0.4, -0.2) is 55.5 Å². The molecule has 6 heteroatoms. The fraction of sp³-hybridized carbons (Fsp3) is 0.900. The van der Waals surface area contributed by atoms with Crippen LogP contribution in [0, 0.1) is 0 Å². The second-order valence-electron chi connectivity index (χ2n) is 4.41. The van der Waals surface area contributed by atoms with Gasteiger partial charge in [0.1, 0.15) is 9.84 Å². The van der Waals surface area contributed by atoms with Gasteiger partial charge in [-0.25, -0.2) is 8.42 Å². The first-order chi connectivity index (χ1) is 7.38. The number of carboxylic acid groups (broad SMARTS) is 1. The minimum Gasteiger partial charge on any atom is -0.481 e. The molecule has 0 aliphatic carbocycles. The van der Waals surface area contributed by atoms with E-state index in [-0.39, 0.29) is 18.2 Å². The summed E-state index contributed by atoms with van der Waals surface area (Å²) in [6.07, 6.45) is 4.25. The predicted octanol–water partition coefficient (Wildman–Crippen LogP) is 0.360. The van der Waals surface area contributed by atoms with Crippen LogP contribution in [0.2, 0.25) is 0 Å². The topological polar surface area (TPSA) is 74.7 Å². The smallest absolute Gasteiger partial charge is 0.304 e. The van der Waals surface area contributed by atoms with Gasteiger partial charge in [0.05, 0.1) is 12.2 Å². The summed E-state index contributed by atoms with van der Waals surface area (Å²) < 4.78 is 22.1. The SMILES string of the molecule is CS(=O)(=O)CCN1CCCCC1CC(=O)O. The number of hydrogen-bond acceptors (Lipinski definition) is 4. The maximum Gasteiger partial charge on any atom is 0.304 e. The van der Waals surface area contributed by atoms with Crippen LogP contribution in [0.1, 0.15) is 25.7 Å². The van der Waals surface area contributed by atoms with Crippen LogP contribution in [0.25, 0.3) is 0 Å². The fourth-order valence-electron chi connectivity index (χ4n) is 2.07. The summed E-state index contributed by atoms with van der Waals surface area (Å²) in [6, 6.07) is 0.00741. The molecule has 0 amide bonds. The minimum atomic E-state index is -2.96. The van der Waals surface area contributed by atoms with E-state index in [0.717, 1.165) is 25.8 Å². The summed E-state index contributed by atoms with van der Waals surface area (Å²) in [5, 5.41) is 8.77. The summed E-state index contributed by atoms with van der Waals surface area (Å²) in [5.41, 5.74) is 0. The van der Waals surface area contributed by atoms with E-state index in [0.29, 0.717) is 6.54 Å². The molecule has 1 atom stereocenters. The molecule has 1 heterocycles. The summed E-state index contributed by atoms with van der Waals surface area (Å²) in [5.74, 6) is -0.695. The largest absolute Gasteiger partial charge is 0.481 e.